The minimum absolute atomic E-state index is 0.198. The molecule has 0 spiro atoms. The van der Waals surface area contributed by atoms with Crippen LogP contribution in [-0.4, -0.2) is 59.8 Å². The van der Waals surface area contributed by atoms with E-state index in [0.717, 1.165) is 54.6 Å². The summed E-state index contributed by atoms with van der Waals surface area (Å²) in [5, 5.41) is 10.6. The van der Waals surface area contributed by atoms with Gasteiger partial charge in [0.2, 0.25) is 21.1 Å². The Labute approximate surface area is 630 Å². The normalized spacial score (nSPS) is 11.3. The maximum absolute atomic E-state index is 6.23. The van der Waals surface area contributed by atoms with Gasteiger partial charge >= 0.3 is 0 Å². The van der Waals surface area contributed by atoms with Crippen LogP contribution in [0.4, 0.5) is 0 Å². The molecule has 0 atom stereocenters. The van der Waals surface area contributed by atoms with Crippen LogP contribution in [0.25, 0.3) is 172 Å². The van der Waals surface area contributed by atoms with Crippen molar-refractivity contribution in [3.63, 3.8) is 0 Å². The highest BCUT2D eigenvalue weighted by atomic mass is 35.5. The van der Waals surface area contributed by atoms with Crippen LogP contribution in [0.15, 0.2) is 291 Å². The van der Waals surface area contributed by atoms with Crippen molar-refractivity contribution in [3.8, 4) is 91.1 Å². The number of benzene rings is 12. The molecule has 0 aliphatic rings. The maximum Gasteiger partial charge on any atom is 0.226 e. The van der Waals surface area contributed by atoms with Crippen molar-refractivity contribution in [2.24, 2.45) is 0 Å². The molecule has 0 aliphatic heterocycles. The standard InChI is InChI=1S/4C21H12ClN3S/c22-21-24-19(13-7-2-1-3-8-13)23-20(25-21)16-11-6-10-15-14-9-4-5-12-17(14)26-18(15)16;22-21-24-19(13-7-2-1-3-8-13)23-20(25-21)15-10-6-12-17-18(15)14-9-4-5-11-16(14)26-17;22-21-24-19(13-6-2-1-3-7-13)23-20(25-21)14-10-11-18-16(12-14)15-8-4-5-9-17(15)26-18;22-21-24-19(13-6-2-1-3-7-13)23-20(25-21)14-10-11-16-15-8-4-5-9-17(15)26-18(16)12-14/h4*1-12H. The second kappa shape index (κ2) is 29.2. The van der Waals surface area contributed by atoms with Gasteiger partial charge in [-0.15, -0.1) is 45.3 Å². The Balaban J connectivity index is 0.000000103. The highest BCUT2D eigenvalue weighted by molar-refractivity contribution is 7.27. The third kappa shape index (κ3) is 13.7. The first-order valence-corrected chi connectivity index (χ1v) is 37.4. The Kier molecular flexibility index (Phi) is 18.5. The van der Waals surface area contributed by atoms with Gasteiger partial charge in [0.25, 0.3) is 0 Å². The Bertz CT molecular complexity index is 6560. The zero-order chi connectivity index (χ0) is 70.0. The fourth-order valence-electron chi connectivity index (χ4n) is 12.4. The molecule has 12 nitrogen and oxygen atoms in total. The second-order valence-electron chi connectivity index (χ2n) is 23.6. The molecule has 0 amide bonds. The number of hydrogen-bond donors (Lipinski definition) is 0. The van der Waals surface area contributed by atoms with E-state index in [1.54, 1.807) is 45.3 Å². The summed E-state index contributed by atoms with van der Waals surface area (Å²) in [4.78, 5) is 53.3. The minimum Gasteiger partial charge on any atom is -0.208 e. The van der Waals surface area contributed by atoms with Crippen molar-refractivity contribution in [1.82, 2.24) is 59.8 Å². The third-order valence-electron chi connectivity index (χ3n) is 17.1. The molecule has 8 heterocycles. The number of halogens is 4. The van der Waals surface area contributed by atoms with E-state index in [9.17, 15) is 0 Å². The molecule has 8 aromatic heterocycles. The first kappa shape index (κ1) is 66.0. The molecule has 0 unspecified atom stereocenters. The van der Waals surface area contributed by atoms with Crippen LogP contribution in [-0.2, 0) is 0 Å². The monoisotopic (exact) mass is 1490 g/mol. The fraction of sp³-hybridized carbons (Fsp3) is 0. The van der Waals surface area contributed by atoms with Gasteiger partial charge in [0.15, 0.2) is 46.6 Å². The molecule has 20 rings (SSSR count). The van der Waals surface area contributed by atoms with Crippen LogP contribution >= 0.6 is 91.8 Å². The average molecular weight is 1500 g/mol. The van der Waals surface area contributed by atoms with Gasteiger partial charge in [-0.05, 0) is 107 Å². The molecule has 496 valence electrons. The summed E-state index contributed by atoms with van der Waals surface area (Å²) in [7, 11) is 0. The number of nitrogens with zero attached hydrogens (tertiary/aromatic N) is 12. The first-order valence-electron chi connectivity index (χ1n) is 32.7. The Hall–Kier alpha value is -11.3. The molecule has 0 saturated carbocycles. The Morgan fingerprint density at radius 2 is 0.490 bits per heavy atom. The van der Waals surface area contributed by atoms with E-state index >= 15 is 0 Å². The average Bonchev–Trinajstić information content (AvgIpc) is 1.60. The van der Waals surface area contributed by atoms with Gasteiger partial charge in [0.1, 0.15) is 0 Å². The van der Waals surface area contributed by atoms with E-state index in [1.165, 1.54) is 70.6 Å². The van der Waals surface area contributed by atoms with Crippen molar-refractivity contribution in [2.45, 2.75) is 0 Å². The van der Waals surface area contributed by atoms with Gasteiger partial charge in [0, 0.05) is 125 Å². The lowest BCUT2D eigenvalue weighted by atomic mass is 10.1. The summed E-state index contributed by atoms with van der Waals surface area (Å²) in [6.45, 7) is 0. The smallest absolute Gasteiger partial charge is 0.208 e. The van der Waals surface area contributed by atoms with Gasteiger partial charge < -0.3 is 0 Å². The van der Waals surface area contributed by atoms with E-state index in [1.807, 2.05) is 158 Å². The van der Waals surface area contributed by atoms with Crippen molar-refractivity contribution in [2.75, 3.05) is 0 Å². The van der Waals surface area contributed by atoms with E-state index in [0.29, 0.717) is 46.6 Å². The van der Waals surface area contributed by atoms with Gasteiger partial charge in [-0.1, -0.05) is 231 Å². The van der Waals surface area contributed by atoms with E-state index in [-0.39, 0.29) is 21.1 Å². The number of hydrogen-bond acceptors (Lipinski definition) is 16. The van der Waals surface area contributed by atoms with Crippen molar-refractivity contribution in [1.29, 1.82) is 0 Å². The first-order chi connectivity index (χ1) is 51.1. The summed E-state index contributed by atoms with van der Waals surface area (Å²) in [5.74, 6) is 4.69. The lowest BCUT2D eigenvalue weighted by molar-refractivity contribution is 1.07. The number of rotatable bonds is 8. The van der Waals surface area contributed by atoms with Gasteiger partial charge in [-0.25, -0.2) is 19.9 Å². The summed E-state index contributed by atoms with van der Waals surface area (Å²) >= 11 is 31.9. The SMILES string of the molecule is Clc1nc(-c2ccccc2)nc(-c2ccc3c(c2)sc2ccccc23)n1.Clc1nc(-c2ccccc2)nc(-c2ccc3sc4ccccc4c3c2)n1.Clc1nc(-c2ccccc2)nc(-c2cccc3c2sc2ccccc23)n1.Clc1nc(-c2ccccc2)nc(-c2cccc3sc4ccccc4c23)n1. The minimum atomic E-state index is 0.198. The molecular weight excluding hydrogens is 1450 g/mol. The van der Waals surface area contributed by atoms with Crippen LogP contribution in [0.1, 0.15) is 0 Å². The van der Waals surface area contributed by atoms with Gasteiger partial charge in [-0.3, -0.25) is 0 Å². The summed E-state index contributed by atoms with van der Waals surface area (Å²) in [5.41, 5.74) is 7.49. The number of aromatic nitrogens is 12. The zero-order valence-electron chi connectivity index (χ0n) is 54.2. The van der Waals surface area contributed by atoms with Crippen molar-refractivity contribution in [3.05, 3.63) is 312 Å². The molecule has 0 aliphatic carbocycles. The van der Waals surface area contributed by atoms with Crippen LogP contribution in [0.2, 0.25) is 21.1 Å². The van der Waals surface area contributed by atoms with Crippen molar-refractivity contribution >= 4 is 172 Å². The molecule has 20 aromatic rings. The zero-order valence-corrected chi connectivity index (χ0v) is 60.5. The lowest BCUT2D eigenvalue weighted by Crippen LogP contribution is -1.97. The molecule has 0 N–H and O–H groups in total. The highest BCUT2D eigenvalue weighted by Crippen LogP contribution is 2.43. The second-order valence-corrected chi connectivity index (χ2v) is 29.3. The topological polar surface area (TPSA) is 155 Å². The summed E-state index contributed by atoms with van der Waals surface area (Å²) < 4.78 is 9.88. The molecule has 12 aromatic carbocycles. The van der Waals surface area contributed by atoms with Crippen LogP contribution in [0.5, 0.6) is 0 Å². The molecule has 0 saturated heterocycles. The Morgan fingerprint density at radius 3 is 1.00 bits per heavy atom. The Morgan fingerprint density at radius 1 is 0.183 bits per heavy atom. The molecule has 0 bridgehead atoms. The van der Waals surface area contributed by atoms with Gasteiger partial charge in [-0.2, -0.15) is 39.9 Å². The molecule has 0 fully saturated rings. The number of thiophene rings is 4. The third-order valence-corrected chi connectivity index (χ3v) is 22.4. The highest BCUT2D eigenvalue weighted by Gasteiger charge is 2.19. The quantitative estimate of drug-likeness (QED) is 0.142. The van der Waals surface area contributed by atoms with Crippen LogP contribution < -0.4 is 0 Å². The summed E-state index contributed by atoms with van der Waals surface area (Å²) in [6.07, 6.45) is 0. The largest absolute Gasteiger partial charge is 0.226 e. The lowest BCUT2D eigenvalue weighted by Gasteiger charge is -2.06. The van der Waals surface area contributed by atoms with Crippen LogP contribution in [0.3, 0.4) is 0 Å². The fourth-order valence-corrected chi connectivity index (χ4v) is 17.6. The molecule has 0 radical (unpaired) electrons. The van der Waals surface area contributed by atoms with E-state index in [2.05, 4.69) is 183 Å². The summed E-state index contributed by atoms with van der Waals surface area (Å²) in [6, 6.07) is 97.9. The molecule has 104 heavy (non-hydrogen) atoms. The van der Waals surface area contributed by atoms with Crippen LogP contribution in [0, 0.1) is 0 Å². The van der Waals surface area contributed by atoms with E-state index in [4.69, 9.17) is 56.4 Å². The molecule has 20 heteroatoms. The van der Waals surface area contributed by atoms with Crippen molar-refractivity contribution < 1.29 is 0 Å². The maximum atomic E-state index is 6.23. The predicted octanol–water partition coefficient (Wildman–Crippen LogP) is 24.9. The number of fused-ring (bicyclic) bond motifs is 12. The predicted molar refractivity (Wildman–Crippen MR) is 434 cm³/mol. The van der Waals surface area contributed by atoms with E-state index < -0.39 is 0 Å². The van der Waals surface area contributed by atoms with Gasteiger partial charge in [0.05, 0.1) is 0 Å². The molecular formula is C84H48Cl4N12S4.